The second kappa shape index (κ2) is 8.65. The highest BCUT2D eigenvalue weighted by atomic mass is 35.5. The van der Waals surface area contributed by atoms with E-state index in [1.54, 1.807) is 0 Å². The zero-order chi connectivity index (χ0) is 16.9. The van der Waals surface area contributed by atoms with E-state index < -0.39 is 17.6 Å². The fourth-order valence-corrected chi connectivity index (χ4v) is 1.96. The molecule has 0 saturated carbocycles. The number of benzene rings is 1. The van der Waals surface area contributed by atoms with Crippen LogP contribution in [0.15, 0.2) is 30.5 Å². The van der Waals surface area contributed by atoms with Gasteiger partial charge < -0.3 is 11.1 Å². The number of nitrogens with two attached hydrogens (primary N) is 1. The predicted octanol–water partition coefficient (Wildman–Crippen LogP) is 2.18. The van der Waals surface area contributed by atoms with E-state index in [4.69, 9.17) is 5.73 Å². The Balaban J connectivity index is 0.00000288. The van der Waals surface area contributed by atoms with E-state index in [2.05, 4.69) is 15.6 Å². The zero-order valence-electron chi connectivity index (χ0n) is 12.6. The van der Waals surface area contributed by atoms with Gasteiger partial charge in [-0.2, -0.15) is 13.2 Å². The van der Waals surface area contributed by atoms with Gasteiger partial charge in [-0.1, -0.05) is 17.3 Å². The van der Waals surface area contributed by atoms with Crippen molar-refractivity contribution in [3.8, 4) is 5.69 Å². The molecule has 6 nitrogen and oxygen atoms in total. The van der Waals surface area contributed by atoms with E-state index in [-0.39, 0.29) is 23.8 Å². The average molecular weight is 364 g/mol. The number of nitrogens with zero attached hydrogens (tertiary/aromatic N) is 3. The first-order valence-corrected chi connectivity index (χ1v) is 7.00. The van der Waals surface area contributed by atoms with Crippen molar-refractivity contribution >= 4 is 18.3 Å². The molecule has 0 bridgehead atoms. The van der Waals surface area contributed by atoms with Crippen molar-refractivity contribution < 1.29 is 18.0 Å². The maximum atomic E-state index is 13.0. The molecule has 3 N–H and O–H groups in total. The van der Waals surface area contributed by atoms with Crippen LogP contribution in [0.3, 0.4) is 0 Å². The van der Waals surface area contributed by atoms with Crippen molar-refractivity contribution in [3.63, 3.8) is 0 Å². The third kappa shape index (κ3) is 4.93. The lowest BCUT2D eigenvalue weighted by Crippen LogP contribution is -2.25. The van der Waals surface area contributed by atoms with Gasteiger partial charge in [0.2, 0.25) is 0 Å². The predicted molar refractivity (Wildman–Crippen MR) is 84.2 cm³/mol. The van der Waals surface area contributed by atoms with Crippen molar-refractivity contribution in [2.75, 3.05) is 13.1 Å². The molecule has 1 heterocycles. The number of para-hydroxylation sites is 1. The number of unbranched alkanes of at least 4 members (excludes halogenated alkanes) is 1. The summed E-state index contributed by atoms with van der Waals surface area (Å²) in [5, 5.41) is 9.85. The van der Waals surface area contributed by atoms with Crippen LogP contribution in [0, 0.1) is 0 Å². The van der Waals surface area contributed by atoms with Crippen molar-refractivity contribution in [1.29, 1.82) is 0 Å². The minimum Gasteiger partial charge on any atom is -0.351 e. The van der Waals surface area contributed by atoms with Crippen LogP contribution in [0.2, 0.25) is 0 Å². The molecule has 0 aliphatic carbocycles. The molecule has 0 saturated heterocycles. The molecule has 1 aromatic heterocycles. The van der Waals surface area contributed by atoms with Gasteiger partial charge in [-0.25, -0.2) is 4.68 Å². The van der Waals surface area contributed by atoms with E-state index >= 15 is 0 Å². The van der Waals surface area contributed by atoms with Crippen molar-refractivity contribution in [1.82, 2.24) is 20.3 Å². The number of hydrogen-bond donors (Lipinski definition) is 2. The van der Waals surface area contributed by atoms with Crippen LogP contribution < -0.4 is 11.1 Å². The summed E-state index contributed by atoms with van der Waals surface area (Å²) >= 11 is 0. The molecule has 2 rings (SSSR count). The molecule has 0 unspecified atom stereocenters. The molecule has 0 aliphatic heterocycles. The molecule has 132 valence electrons. The number of aromatic nitrogens is 3. The van der Waals surface area contributed by atoms with Crippen molar-refractivity contribution in [3.05, 3.63) is 41.7 Å². The molecule has 0 atom stereocenters. The van der Waals surface area contributed by atoms with Crippen molar-refractivity contribution in [2.45, 2.75) is 19.0 Å². The van der Waals surface area contributed by atoms with Crippen LogP contribution in [0.5, 0.6) is 0 Å². The Hall–Kier alpha value is -2.13. The van der Waals surface area contributed by atoms with Gasteiger partial charge in [0.15, 0.2) is 5.69 Å². The van der Waals surface area contributed by atoms with Crippen LogP contribution in [0.4, 0.5) is 13.2 Å². The highest BCUT2D eigenvalue weighted by molar-refractivity contribution is 5.91. The second-order valence-electron chi connectivity index (χ2n) is 4.81. The number of hydrogen-bond acceptors (Lipinski definition) is 4. The van der Waals surface area contributed by atoms with E-state index in [1.165, 1.54) is 24.4 Å². The maximum absolute atomic E-state index is 13.0. The van der Waals surface area contributed by atoms with Gasteiger partial charge in [0.05, 0.1) is 17.4 Å². The van der Waals surface area contributed by atoms with E-state index in [0.29, 0.717) is 19.5 Å². The standard InChI is InChI=1S/C14H16F3N5O.ClH/c15-14(16,17)10-5-1-2-6-12(10)22-9-11(20-21-22)13(23)19-8-4-3-7-18;/h1-2,5-6,9H,3-4,7-8,18H2,(H,19,23);1H. The van der Waals surface area contributed by atoms with E-state index in [1.807, 2.05) is 0 Å². The molecule has 1 amide bonds. The Morgan fingerprint density at radius 2 is 1.96 bits per heavy atom. The summed E-state index contributed by atoms with van der Waals surface area (Å²) in [5.41, 5.74) is 4.26. The molecule has 1 aromatic carbocycles. The average Bonchev–Trinajstić information content (AvgIpc) is 3.00. The molecule has 0 fully saturated rings. The van der Waals surface area contributed by atoms with Gasteiger partial charge in [-0.15, -0.1) is 17.5 Å². The van der Waals surface area contributed by atoms with Crippen LogP contribution in [-0.4, -0.2) is 34.0 Å². The van der Waals surface area contributed by atoms with Crippen LogP contribution in [0.1, 0.15) is 28.9 Å². The largest absolute Gasteiger partial charge is 0.418 e. The fourth-order valence-electron chi connectivity index (χ4n) is 1.96. The minimum absolute atomic E-state index is 0. The molecule has 24 heavy (non-hydrogen) atoms. The summed E-state index contributed by atoms with van der Waals surface area (Å²) < 4.78 is 39.9. The van der Waals surface area contributed by atoms with Crippen LogP contribution in [0.25, 0.3) is 5.69 Å². The van der Waals surface area contributed by atoms with E-state index in [9.17, 15) is 18.0 Å². The third-order valence-corrected chi connectivity index (χ3v) is 3.10. The Labute approximate surface area is 142 Å². The monoisotopic (exact) mass is 363 g/mol. The van der Waals surface area contributed by atoms with Gasteiger partial charge in [0.1, 0.15) is 0 Å². The van der Waals surface area contributed by atoms with Gasteiger partial charge >= 0.3 is 6.18 Å². The normalized spacial score (nSPS) is 11.0. The minimum atomic E-state index is -4.52. The molecule has 0 radical (unpaired) electrons. The summed E-state index contributed by atoms with van der Waals surface area (Å²) in [4.78, 5) is 11.9. The summed E-state index contributed by atoms with van der Waals surface area (Å²) in [6.45, 7) is 0.947. The van der Waals surface area contributed by atoms with Crippen LogP contribution >= 0.6 is 12.4 Å². The molecule has 0 aliphatic rings. The number of rotatable bonds is 6. The second-order valence-corrected chi connectivity index (χ2v) is 4.81. The Morgan fingerprint density at radius 1 is 1.25 bits per heavy atom. The molecule has 10 heteroatoms. The number of carbonyl (C=O) groups is 1. The maximum Gasteiger partial charge on any atom is 0.418 e. The Morgan fingerprint density at radius 3 is 2.62 bits per heavy atom. The lowest BCUT2D eigenvalue weighted by Gasteiger charge is -2.11. The Bertz CT molecular complexity index is 674. The number of halogens is 4. The third-order valence-electron chi connectivity index (χ3n) is 3.10. The molecule has 2 aromatic rings. The zero-order valence-corrected chi connectivity index (χ0v) is 13.4. The van der Waals surface area contributed by atoms with Crippen molar-refractivity contribution in [2.24, 2.45) is 5.73 Å². The van der Waals surface area contributed by atoms with Gasteiger partial charge in [0.25, 0.3) is 5.91 Å². The lowest BCUT2D eigenvalue weighted by atomic mass is 10.1. The Kier molecular flexibility index (Phi) is 7.18. The summed E-state index contributed by atoms with van der Waals surface area (Å²) in [5.74, 6) is -0.488. The first-order valence-electron chi connectivity index (χ1n) is 7.00. The smallest absolute Gasteiger partial charge is 0.351 e. The number of nitrogens with one attached hydrogen (secondary N) is 1. The quantitative estimate of drug-likeness (QED) is 0.770. The summed E-state index contributed by atoms with van der Waals surface area (Å²) in [7, 11) is 0. The number of alkyl halides is 3. The van der Waals surface area contributed by atoms with Gasteiger partial charge in [-0.05, 0) is 31.5 Å². The molecule has 0 spiro atoms. The summed E-state index contributed by atoms with van der Waals surface area (Å²) in [6, 6.07) is 4.96. The molecular weight excluding hydrogens is 347 g/mol. The SMILES string of the molecule is Cl.NCCCCNC(=O)c1cn(-c2ccccc2C(F)(F)F)nn1. The highest BCUT2D eigenvalue weighted by Gasteiger charge is 2.34. The van der Waals surface area contributed by atoms with Crippen LogP contribution in [-0.2, 0) is 6.18 Å². The first-order chi connectivity index (χ1) is 10.9. The van der Waals surface area contributed by atoms with E-state index in [0.717, 1.165) is 17.2 Å². The number of carbonyl (C=O) groups excluding carboxylic acids is 1. The highest BCUT2D eigenvalue weighted by Crippen LogP contribution is 2.33. The van der Waals surface area contributed by atoms with Gasteiger partial charge in [0, 0.05) is 6.54 Å². The lowest BCUT2D eigenvalue weighted by molar-refractivity contribution is -0.137. The number of amides is 1. The topological polar surface area (TPSA) is 85.8 Å². The summed E-state index contributed by atoms with van der Waals surface area (Å²) in [6.07, 6.45) is -1.87. The first kappa shape index (κ1) is 19.9. The fraction of sp³-hybridized carbons (Fsp3) is 0.357. The van der Waals surface area contributed by atoms with Gasteiger partial charge in [-0.3, -0.25) is 4.79 Å². The molecular formula is C14H17ClF3N5O.